The summed E-state index contributed by atoms with van der Waals surface area (Å²) >= 11 is 0. The van der Waals surface area contributed by atoms with Crippen molar-refractivity contribution in [3.05, 3.63) is 12.2 Å². The molecule has 0 aliphatic heterocycles. The van der Waals surface area contributed by atoms with Crippen molar-refractivity contribution in [3.8, 4) is 0 Å². The molecule has 324 valence electrons. The summed E-state index contributed by atoms with van der Waals surface area (Å²) in [5, 5.41) is 0. The van der Waals surface area contributed by atoms with Gasteiger partial charge in [-0.2, -0.15) is 0 Å². The maximum atomic E-state index is 12.7. The molecule has 0 aromatic rings. The molecular weight excluding hydrogens is 685 g/mol. The normalized spacial score (nSPS) is 12.0. The van der Waals surface area contributed by atoms with Crippen molar-refractivity contribution >= 4 is 17.9 Å². The maximum Gasteiger partial charge on any atom is 0.306 e. The zero-order valence-corrected chi connectivity index (χ0v) is 37.0. The van der Waals surface area contributed by atoms with Gasteiger partial charge >= 0.3 is 17.9 Å². The molecule has 0 bridgehead atoms. The molecular formula is C49H92O6. The second-order valence-corrected chi connectivity index (χ2v) is 16.4. The van der Waals surface area contributed by atoms with Crippen LogP contribution in [0.15, 0.2) is 12.2 Å². The molecule has 6 heteroatoms. The van der Waals surface area contributed by atoms with Gasteiger partial charge in [0.05, 0.1) is 0 Å². The third-order valence-corrected chi connectivity index (χ3v) is 10.8. The van der Waals surface area contributed by atoms with Crippen LogP contribution in [-0.4, -0.2) is 37.2 Å². The monoisotopic (exact) mass is 777 g/mol. The lowest BCUT2D eigenvalue weighted by atomic mass is 10.0. The molecule has 1 atom stereocenters. The highest BCUT2D eigenvalue weighted by Gasteiger charge is 2.19. The summed E-state index contributed by atoms with van der Waals surface area (Å²) in [5.74, 6) is -0.879. The van der Waals surface area contributed by atoms with Gasteiger partial charge in [0.1, 0.15) is 13.2 Å². The number of carbonyl (C=O) groups is 3. The Hall–Kier alpha value is -1.85. The molecule has 1 unspecified atom stereocenters. The minimum absolute atomic E-state index is 0.0696. The third-order valence-electron chi connectivity index (χ3n) is 10.8. The Kier molecular flexibility index (Phi) is 43.4. The zero-order valence-electron chi connectivity index (χ0n) is 37.0. The Labute approximate surface area is 341 Å². The number of hydrogen-bond donors (Lipinski definition) is 0. The highest BCUT2D eigenvalue weighted by atomic mass is 16.6. The zero-order chi connectivity index (χ0) is 40.1. The first kappa shape index (κ1) is 53.1. The molecule has 0 saturated heterocycles. The summed E-state index contributed by atoms with van der Waals surface area (Å²) in [6, 6.07) is 0. The number of unbranched alkanes of at least 4 members (excludes halogenated alkanes) is 31. The van der Waals surface area contributed by atoms with Gasteiger partial charge in [0, 0.05) is 19.3 Å². The molecule has 0 radical (unpaired) electrons. The van der Waals surface area contributed by atoms with Crippen molar-refractivity contribution in [1.29, 1.82) is 0 Å². The lowest BCUT2D eigenvalue weighted by Crippen LogP contribution is -2.30. The Morgan fingerprint density at radius 3 is 0.964 bits per heavy atom. The highest BCUT2D eigenvalue weighted by Crippen LogP contribution is 2.16. The summed E-state index contributed by atoms with van der Waals surface area (Å²) in [7, 11) is 0. The van der Waals surface area contributed by atoms with E-state index in [1.165, 1.54) is 161 Å². The summed E-state index contributed by atoms with van der Waals surface area (Å²) < 4.78 is 16.6. The molecule has 0 aliphatic carbocycles. The second kappa shape index (κ2) is 44.9. The molecule has 0 rings (SSSR count). The van der Waals surface area contributed by atoms with Gasteiger partial charge in [-0.05, 0) is 38.5 Å². The predicted octanol–water partition coefficient (Wildman–Crippen LogP) is 15.4. The maximum absolute atomic E-state index is 12.7. The van der Waals surface area contributed by atoms with E-state index in [-0.39, 0.29) is 31.1 Å². The number of ether oxygens (including phenoxy) is 3. The number of rotatable bonds is 44. The number of carbonyl (C=O) groups excluding carboxylic acids is 3. The minimum atomic E-state index is -0.764. The van der Waals surface area contributed by atoms with Crippen molar-refractivity contribution in [1.82, 2.24) is 0 Å². The average molecular weight is 777 g/mol. The van der Waals surface area contributed by atoms with Crippen molar-refractivity contribution < 1.29 is 28.6 Å². The van der Waals surface area contributed by atoms with Crippen LogP contribution in [0.4, 0.5) is 0 Å². The van der Waals surface area contributed by atoms with Crippen LogP contribution in [0.3, 0.4) is 0 Å². The van der Waals surface area contributed by atoms with Gasteiger partial charge in [-0.1, -0.05) is 219 Å². The van der Waals surface area contributed by atoms with Crippen LogP contribution in [0.5, 0.6) is 0 Å². The summed E-state index contributed by atoms with van der Waals surface area (Å²) in [6.45, 7) is 6.55. The smallest absolute Gasteiger partial charge is 0.306 e. The molecule has 0 aromatic heterocycles. The first-order valence-corrected chi connectivity index (χ1v) is 24.2. The molecule has 0 saturated carbocycles. The van der Waals surface area contributed by atoms with Gasteiger partial charge in [0.15, 0.2) is 6.10 Å². The van der Waals surface area contributed by atoms with E-state index in [4.69, 9.17) is 14.2 Å². The van der Waals surface area contributed by atoms with Crippen molar-refractivity contribution in [2.75, 3.05) is 13.2 Å². The number of esters is 3. The molecule has 0 fully saturated rings. The van der Waals surface area contributed by atoms with E-state index in [0.29, 0.717) is 19.3 Å². The molecule has 55 heavy (non-hydrogen) atoms. The molecule has 0 aromatic carbocycles. The number of hydrogen-bond acceptors (Lipinski definition) is 6. The standard InChI is InChI=1S/C49H92O6/c1-4-7-10-13-16-18-20-21-22-23-24-25-26-27-28-30-31-33-36-39-42-48(51)54-45-46(44-53-47(50)41-38-35-15-12-9-6-3)55-49(52)43-40-37-34-32-29-19-17-14-11-8-5-2/h14,17,46H,4-13,15-16,18-45H2,1-3H3/b17-14-. The van der Waals surface area contributed by atoms with Crippen LogP contribution in [-0.2, 0) is 28.6 Å². The van der Waals surface area contributed by atoms with Crippen molar-refractivity contribution in [3.63, 3.8) is 0 Å². The van der Waals surface area contributed by atoms with E-state index in [2.05, 4.69) is 32.9 Å². The van der Waals surface area contributed by atoms with Gasteiger partial charge < -0.3 is 14.2 Å². The third kappa shape index (κ3) is 43.1. The first-order chi connectivity index (χ1) is 27.0. The van der Waals surface area contributed by atoms with Gasteiger partial charge in [0.2, 0.25) is 0 Å². The van der Waals surface area contributed by atoms with Gasteiger partial charge in [-0.25, -0.2) is 0 Å². The van der Waals surface area contributed by atoms with Crippen LogP contribution in [0.25, 0.3) is 0 Å². The van der Waals surface area contributed by atoms with Crippen LogP contribution in [0.1, 0.15) is 265 Å². The van der Waals surface area contributed by atoms with Gasteiger partial charge in [0.25, 0.3) is 0 Å². The van der Waals surface area contributed by atoms with E-state index in [0.717, 1.165) is 64.2 Å². The first-order valence-electron chi connectivity index (χ1n) is 24.2. The summed E-state index contributed by atoms with van der Waals surface area (Å²) in [5.41, 5.74) is 0. The van der Waals surface area contributed by atoms with E-state index < -0.39 is 6.10 Å². The Balaban J connectivity index is 4.12. The Morgan fingerprint density at radius 1 is 0.345 bits per heavy atom. The fourth-order valence-corrected chi connectivity index (χ4v) is 7.07. The van der Waals surface area contributed by atoms with Crippen LogP contribution < -0.4 is 0 Å². The molecule has 0 heterocycles. The molecule has 0 amide bonds. The second-order valence-electron chi connectivity index (χ2n) is 16.4. The van der Waals surface area contributed by atoms with Crippen LogP contribution in [0.2, 0.25) is 0 Å². The minimum Gasteiger partial charge on any atom is -0.462 e. The fraction of sp³-hybridized carbons (Fsp3) is 0.898. The molecule has 0 spiro atoms. The lowest BCUT2D eigenvalue weighted by molar-refractivity contribution is -0.167. The molecule has 0 N–H and O–H groups in total. The highest BCUT2D eigenvalue weighted by molar-refractivity contribution is 5.71. The van der Waals surface area contributed by atoms with E-state index in [1.807, 2.05) is 0 Å². The summed E-state index contributed by atoms with van der Waals surface area (Å²) in [6.07, 6.45) is 48.0. The topological polar surface area (TPSA) is 78.9 Å². The van der Waals surface area contributed by atoms with Crippen LogP contribution in [0, 0.1) is 0 Å². The van der Waals surface area contributed by atoms with Crippen molar-refractivity contribution in [2.24, 2.45) is 0 Å². The Bertz CT molecular complexity index is 854. The quantitative estimate of drug-likeness (QED) is 0.0265. The molecule has 0 aliphatic rings. The fourth-order valence-electron chi connectivity index (χ4n) is 7.07. The van der Waals surface area contributed by atoms with E-state index in [1.54, 1.807) is 0 Å². The van der Waals surface area contributed by atoms with Gasteiger partial charge in [-0.15, -0.1) is 0 Å². The van der Waals surface area contributed by atoms with E-state index >= 15 is 0 Å². The SMILES string of the molecule is CCCC/C=C\CCCCCCCC(=O)OC(COC(=O)CCCCCCCC)COC(=O)CCCCCCCCCCCCCCCCCCCCCC. The van der Waals surface area contributed by atoms with Crippen molar-refractivity contribution in [2.45, 2.75) is 271 Å². The van der Waals surface area contributed by atoms with Gasteiger partial charge in [-0.3, -0.25) is 14.4 Å². The number of allylic oxidation sites excluding steroid dienone is 2. The predicted molar refractivity (Wildman–Crippen MR) is 233 cm³/mol. The molecule has 6 nitrogen and oxygen atoms in total. The largest absolute Gasteiger partial charge is 0.462 e. The summed E-state index contributed by atoms with van der Waals surface area (Å²) in [4.78, 5) is 37.6. The van der Waals surface area contributed by atoms with E-state index in [9.17, 15) is 14.4 Å². The average Bonchev–Trinajstić information content (AvgIpc) is 3.18. The lowest BCUT2D eigenvalue weighted by Gasteiger charge is -2.18. The van der Waals surface area contributed by atoms with Crippen LogP contribution >= 0.6 is 0 Å². The Morgan fingerprint density at radius 2 is 0.618 bits per heavy atom.